The summed E-state index contributed by atoms with van der Waals surface area (Å²) in [4.78, 5) is 14.3. The smallest absolute Gasteiger partial charge is 0.511 e. The van der Waals surface area contributed by atoms with Crippen molar-refractivity contribution in [1.29, 1.82) is 0 Å². The molecule has 0 bridgehead atoms. The van der Waals surface area contributed by atoms with E-state index in [1.807, 2.05) is 0 Å². The van der Waals surface area contributed by atoms with Crippen LogP contribution >= 0.6 is 0 Å². The van der Waals surface area contributed by atoms with Gasteiger partial charge in [0, 0.05) is 0 Å². The topological polar surface area (TPSA) is 115 Å². The van der Waals surface area contributed by atoms with E-state index in [0.717, 1.165) is 0 Å². The Hall–Kier alpha value is -0.313. The lowest BCUT2D eigenvalue weighted by Gasteiger charge is -1.59. The van der Waals surface area contributed by atoms with Crippen molar-refractivity contribution in [3.8, 4) is 0 Å². The second-order valence-corrected chi connectivity index (χ2v) is 1.54. The number of rotatable bonds is 0. The SMILES string of the molecule is O=S(O)O.O=[Si](O)O. The second kappa shape index (κ2) is 6.69. The molecule has 8 heteroatoms. The molecule has 0 fully saturated rings. The van der Waals surface area contributed by atoms with Crippen LogP contribution in [0.1, 0.15) is 0 Å². The minimum absolute atomic E-state index is 2.61. The summed E-state index contributed by atoms with van der Waals surface area (Å²) in [6.07, 6.45) is 0. The van der Waals surface area contributed by atoms with Crippen LogP contribution in [0.4, 0.5) is 0 Å². The molecule has 0 saturated carbocycles. The molecule has 0 amide bonds. The summed E-state index contributed by atoms with van der Waals surface area (Å²) >= 11 is -2.61. The highest BCUT2D eigenvalue weighted by Crippen LogP contribution is 1.44. The fourth-order valence-electron chi connectivity index (χ4n) is 0. The first-order valence-electron chi connectivity index (χ1n) is 1.18. The van der Waals surface area contributed by atoms with E-state index in [2.05, 4.69) is 0 Å². The Morgan fingerprint density at radius 1 is 1.25 bits per heavy atom. The summed E-state index contributed by atoms with van der Waals surface area (Å²) in [5.74, 6) is 0. The summed E-state index contributed by atoms with van der Waals surface area (Å²) in [7, 11) is -3.13. The quantitative estimate of drug-likeness (QED) is 0.242. The fraction of sp³-hybridized carbons (Fsp3) is 0. The highest BCUT2D eigenvalue weighted by Gasteiger charge is 1.85. The third-order valence-corrected chi connectivity index (χ3v) is 0. The lowest BCUT2D eigenvalue weighted by Crippen LogP contribution is -1.90. The van der Waals surface area contributed by atoms with E-state index in [9.17, 15) is 0 Å². The van der Waals surface area contributed by atoms with Gasteiger partial charge in [0.05, 0.1) is 0 Å². The van der Waals surface area contributed by atoms with Crippen LogP contribution in [0.2, 0.25) is 0 Å². The Morgan fingerprint density at radius 2 is 1.25 bits per heavy atom. The van der Waals surface area contributed by atoms with Crippen LogP contribution in [0.3, 0.4) is 0 Å². The van der Waals surface area contributed by atoms with Gasteiger partial charge in [0.15, 0.2) is 0 Å². The number of hydrogen-bond acceptors (Lipinski definition) is 2. The molecule has 0 aliphatic carbocycles. The third kappa shape index (κ3) is 1270. The van der Waals surface area contributed by atoms with Crippen LogP contribution in [0.5, 0.6) is 0 Å². The first-order valence-corrected chi connectivity index (χ1v) is 3.55. The van der Waals surface area contributed by atoms with Gasteiger partial charge in [0.25, 0.3) is 11.4 Å². The van der Waals surface area contributed by atoms with E-state index < -0.39 is 20.5 Å². The van der Waals surface area contributed by atoms with Crippen molar-refractivity contribution in [2.24, 2.45) is 0 Å². The molecule has 8 heavy (non-hydrogen) atoms. The molecule has 0 rings (SSSR count). The van der Waals surface area contributed by atoms with Crippen LogP contribution in [-0.2, 0) is 15.8 Å². The van der Waals surface area contributed by atoms with Gasteiger partial charge in [0.2, 0.25) is 0 Å². The van der Waals surface area contributed by atoms with E-state index in [1.165, 1.54) is 0 Å². The van der Waals surface area contributed by atoms with E-state index >= 15 is 0 Å². The molecular formula is H4O6SSi. The van der Waals surface area contributed by atoms with Crippen LogP contribution in [-0.4, -0.2) is 32.1 Å². The van der Waals surface area contributed by atoms with Gasteiger partial charge in [-0.15, -0.1) is 0 Å². The zero-order chi connectivity index (χ0) is 7.15. The predicted octanol–water partition coefficient (Wildman–Crippen LogP) is -1.93. The standard InChI is InChI=1S/H2O3S.H2O3Si/c2*1-4(2)3/h(H2,1,2,3);1-2H. The first kappa shape index (κ1) is 10.6. The zero-order valence-corrected chi connectivity index (χ0v) is 5.33. The van der Waals surface area contributed by atoms with Gasteiger partial charge in [-0.05, 0) is 0 Å². The summed E-state index contributed by atoms with van der Waals surface area (Å²) in [5.41, 5.74) is 0. The molecule has 0 aliphatic heterocycles. The molecule has 0 spiro atoms. The molecule has 0 saturated heterocycles. The van der Waals surface area contributed by atoms with Gasteiger partial charge in [-0.25, -0.2) is 0 Å². The van der Waals surface area contributed by atoms with Crippen molar-refractivity contribution in [1.82, 2.24) is 0 Å². The largest absolute Gasteiger partial charge is 0.761 e. The fourth-order valence-corrected chi connectivity index (χ4v) is 0. The number of hydrogen-bond donors (Lipinski definition) is 4. The molecule has 0 aromatic rings. The van der Waals surface area contributed by atoms with Crippen molar-refractivity contribution in [2.45, 2.75) is 0 Å². The molecule has 0 atom stereocenters. The molecule has 0 unspecified atom stereocenters. The van der Waals surface area contributed by atoms with Crippen molar-refractivity contribution >= 4 is 20.5 Å². The molecule has 0 aliphatic rings. The van der Waals surface area contributed by atoms with Crippen LogP contribution in [0, 0.1) is 0 Å². The monoisotopic (exact) mass is 160 g/mol. The maximum Gasteiger partial charge on any atom is 0.761 e. The van der Waals surface area contributed by atoms with Crippen molar-refractivity contribution in [3.63, 3.8) is 0 Å². The summed E-state index contributed by atoms with van der Waals surface area (Å²) in [5, 5.41) is 0. The summed E-state index contributed by atoms with van der Waals surface area (Å²) in [6.45, 7) is 0. The highest BCUT2D eigenvalue weighted by atomic mass is 32.2. The van der Waals surface area contributed by atoms with Crippen molar-refractivity contribution in [2.75, 3.05) is 0 Å². The molecular weight excluding hydrogens is 156 g/mol. The van der Waals surface area contributed by atoms with E-state index in [0.29, 0.717) is 0 Å². The van der Waals surface area contributed by atoms with Gasteiger partial charge in [-0.1, -0.05) is 0 Å². The van der Waals surface area contributed by atoms with Gasteiger partial charge >= 0.3 is 9.17 Å². The minimum atomic E-state index is -3.13. The van der Waals surface area contributed by atoms with Crippen LogP contribution < -0.4 is 0 Å². The predicted molar refractivity (Wildman–Crippen MR) is 24.3 cm³/mol. The average molecular weight is 160 g/mol. The minimum Gasteiger partial charge on any atom is -0.511 e. The van der Waals surface area contributed by atoms with Crippen LogP contribution in [0.15, 0.2) is 0 Å². The lowest BCUT2D eigenvalue weighted by atomic mass is 15.8. The van der Waals surface area contributed by atoms with Crippen LogP contribution in [0.25, 0.3) is 0 Å². The van der Waals surface area contributed by atoms with Gasteiger partial charge in [-0.3, -0.25) is 13.6 Å². The Morgan fingerprint density at radius 3 is 1.25 bits per heavy atom. The zero-order valence-electron chi connectivity index (χ0n) is 3.51. The molecule has 0 heterocycles. The second-order valence-electron chi connectivity index (χ2n) is 0.513. The van der Waals surface area contributed by atoms with Crippen molar-refractivity contribution in [3.05, 3.63) is 0 Å². The Bertz CT molecular complexity index is 66.5. The maximum absolute atomic E-state index is 8.74. The van der Waals surface area contributed by atoms with Crippen molar-refractivity contribution < 1.29 is 27.4 Å². The normalized spacial score (nSPS) is 7.38. The van der Waals surface area contributed by atoms with Gasteiger partial charge < -0.3 is 9.59 Å². The Kier molecular flexibility index (Phi) is 8.88. The highest BCUT2D eigenvalue weighted by molar-refractivity contribution is 7.73. The third-order valence-electron chi connectivity index (χ3n) is 0. The average Bonchev–Trinajstić information content (AvgIpc) is 1.25. The molecule has 4 N–H and O–H groups in total. The first-order chi connectivity index (χ1) is 3.46. The van der Waals surface area contributed by atoms with E-state index in [-0.39, 0.29) is 0 Å². The van der Waals surface area contributed by atoms with Gasteiger partial charge in [-0.2, -0.15) is 4.21 Å². The van der Waals surface area contributed by atoms with E-state index in [1.54, 1.807) is 0 Å². The molecule has 50 valence electrons. The maximum atomic E-state index is 8.74. The van der Waals surface area contributed by atoms with E-state index in [4.69, 9.17) is 27.4 Å². The molecule has 0 aromatic heterocycles. The lowest BCUT2D eigenvalue weighted by molar-refractivity contribution is 0.330. The summed E-state index contributed by atoms with van der Waals surface area (Å²) < 4.78 is 31.6. The van der Waals surface area contributed by atoms with Gasteiger partial charge in [0.1, 0.15) is 0 Å². The Balaban J connectivity index is 0. The Labute approximate surface area is 48.8 Å². The molecule has 0 aromatic carbocycles. The summed E-state index contributed by atoms with van der Waals surface area (Å²) in [6, 6.07) is 0. The molecule has 0 radical (unpaired) electrons. The molecule has 6 nitrogen and oxygen atoms in total.